The van der Waals surface area contributed by atoms with Gasteiger partial charge in [-0.2, -0.15) is 0 Å². The minimum atomic E-state index is -0.676. The Balaban J connectivity index is 2.15. The third-order valence-corrected chi connectivity index (χ3v) is 3.57. The molecule has 0 saturated carbocycles. The molecular weight excluding hydrogens is 250 g/mol. The monoisotopic (exact) mass is 268 g/mol. The maximum atomic E-state index is 13.6. The van der Waals surface area contributed by atoms with Gasteiger partial charge < -0.3 is 10.2 Å². The number of rotatable bonds is 2. The zero-order valence-electron chi connectivity index (χ0n) is 11.0. The Hall–Kier alpha value is -1.49. The number of benzene rings is 1. The van der Waals surface area contributed by atoms with Crippen molar-refractivity contribution in [1.29, 1.82) is 0 Å². The molecule has 1 N–H and O–H groups in total. The number of nitrogens with zero attached hydrogens (tertiary/aromatic N) is 1. The molecule has 0 bridgehead atoms. The standard InChI is InChI=1S/C14H18F2N2O/c1-18(11-3-2-7-17-8-6-11)14(19)12-9-10(15)4-5-13(12)16/h4-5,9,11,17H,2-3,6-8H2,1H3. The Morgan fingerprint density at radius 1 is 1.32 bits per heavy atom. The predicted molar refractivity (Wildman–Crippen MR) is 69.0 cm³/mol. The van der Waals surface area contributed by atoms with Crippen molar-refractivity contribution in [3.63, 3.8) is 0 Å². The molecule has 0 radical (unpaired) electrons. The molecule has 104 valence electrons. The van der Waals surface area contributed by atoms with Gasteiger partial charge in [0.15, 0.2) is 0 Å². The quantitative estimate of drug-likeness (QED) is 0.891. The molecule has 1 fully saturated rings. The Labute approximate surface area is 111 Å². The van der Waals surface area contributed by atoms with E-state index in [9.17, 15) is 13.6 Å². The van der Waals surface area contributed by atoms with Crippen LogP contribution in [0.5, 0.6) is 0 Å². The Bertz CT molecular complexity index is 457. The Morgan fingerprint density at radius 3 is 2.89 bits per heavy atom. The molecule has 1 aliphatic heterocycles. The molecule has 2 rings (SSSR count). The van der Waals surface area contributed by atoms with E-state index in [1.54, 1.807) is 7.05 Å². The highest BCUT2D eigenvalue weighted by Crippen LogP contribution is 2.17. The van der Waals surface area contributed by atoms with Gasteiger partial charge in [0.2, 0.25) is 0 Å². The molecular formula is C14H18F2N2O. The van der Waals surface area contributed by atoms with Crippen LogP contribution in [0.2, 0.25) is 0 Å². The van der Waals surface area contributed by atoms with Gasteiger partial charge in [0.1, 0.15) is 11.6 Å². The van der Waals surface area contributed by atoms with Gasteiger partial charge in [-0.3, -0.25) is 4.79 Å². The van der Waals surface area contributed by atoms with Crippen LogP contribution < -0.4 is 5.32 Å². The number of halogens is 2. The van der Waals surface area contributed by atoms with Gasteiger partial charge in [-0.25, -0.2) is 8.78 Å². The molecule has 1 aliphatic rings. The van der Waals surface area contributed by atoms with E-state index in [2.05, 4.69) is 5.32 Å². The first-order valence-electron chi connectivity index (χ1n) is 6.52. The normalized spacial score (nSPS) is 19.8. The van der Waals surface area contributed by atoms with E-state index >= 15 is 0 Å². The van der Waals surface area contributed by atoms with Crippen LogP contribution in [0.25, 0.3) is 0 Å². The van der Waals surface area contributed by atoms with Crippen molar-refractivity contribution in [2.24, 2.45) is 0 Å². The highest BCUT2D eigenvalue weighted by atomic mass is 19.1. The summed E-state index contributed by atoms with van der Waals surface area (Å²) < 4.78 is 26.7. The lowest BCUT2D eigenvalue weighted by Gasteiger charge is -2.27. The number of carbonyl (C=O) groups excluding carboxylic acids is 1. The second kappa shape index (κ2) is 6.10. The first-order valence-corrected chi connectivity index (χ1v) is 6.52. The van der Waals surface area contributed by atoms with Gasteiger partial charge in [0.05, 0.1) is 5.56 Å². The molecule has 1 saturated heterocycles. The molecule has 1 aromatic rings. The molecule has 1 heterocycles. The summed E-state index contributed by atoms with van der Waals surface area (Å²) >= 11 is 0. The van der Waals surface area contributed by atoms with E-state index < -0.39 is 17.5 Å². The summed E-state index contributed by atoms with van der Waals surface area (Å²) in [5.41, 5.74) is -0.195. The summed E-state index contributed by atoms with van der Waals surface area (Å²) in [5.74, 6) is -1.73. The zero-order valence-corrected chi connectivity index (χ0v) is 11.0. The summed E-state index contributed by atoms with van der Waals surface area (Å²) in [6, 6.07) is 3.04. The SMILES string of the molecule is CN(C(=O)c1cc(F)ccc1F)C1CCCNCC1. The van der Waals surface area contributed by atoms with E-state index in [1.165, 1.54) is 4.90 Å². The lowest BCUT2D eigenvalue weighted by molar-refractivity contribution is 0.0715. The third kappa shape index (κ3) is 3.29. The maximum absolute atomic E-state index is 13.6. The number of carbonyl (C=O) groups is 1. The molecule has 1 amide bonds. The van der Waals surface area contributed by atoms with Crippen LogP contribution in [0.1, 0.15) is 29.6 Å². The van der Waals surface area contributed by atoms with Crippen LogP contribution >= 0.6 is 0 Å². The van der Waals surface area contributed by atoms with Gasteiger partial charge in [-0.05, 0) is 50.6 Å². The van der Waals surface area contributed by atoms with Crippen molar-refractivity contribution in [2.75, 3.05) is 20.1 Å². The first kappa shape index (κ1) is 13.9. The fourth-order valence-corrected chi connectivity index (χ4v) is 2.41. The van der Waals surface area contributed by atoms with Crippen molar-refractivity contribution < 1.29 is 13.6 Å². The predicted octanol–water partition coefficient (Wildman–Crippen LogP) is 2.18. The van der Waals surface area contributed by atoms with Crippen LogP contribution in [-0.2, 0) is 0 Å². The molecule has 1 unspecified atom stereocenters. The lowest BCUT2D eigenvalue weighted by atomic mass is 10.1. The summed E-state index contributed by atoms with van der Waals surface area (Å²) in [6.45, 7) is 1.78. The second-order valence-corrected chi connectivity index (χ2v) is 4.87. The van der Waals surface area contributed by atoms with Gasteiger partial charge >= 0.3 is 0 Å². The Kier molecular flexibility index (Phi) is 4.47. The van der Waals surface area contributed by atoms with Crippen molar-refractivity contribution in [2.45, 2.75) is 25.3 Å². The van der Waals surface area contributed by atoms with E-state index in [0.717, 1.165) is 50.6 Å². The van der Waals surface area contributed by atoms with Gasteiger partial charge in [-0.15, -0.1) is 0 Å². The average molecular weight is 268 g/mol. The van der Waals surface area contributed by atoms with Crippen LogP contribution in [0.4, 0.5) is 8.78 Å². The smallest absolute Gasteiger partial charge is 0.256 e. The van der Waals surface area contributed by atoms with Crippen molar-refractivity contribution in [3.05, 3.63) is 35.4 Å². The minimum absolute atomic E-state index is 0.0742. The number of hydrogen-bond acceptors (Lipinski definition) is 2. The highest BCUT2D eigenvalue weighted by molar-refractivity contribution is 5.94. The van der Waals surface area contributed by atoms with Gasteiger partial charge in [-0.1, -0.05) is 0 Å². The van der Waals surface area contributed by atoms with Crippen molar-refractivity contribution >= 4 is 5.91 Å². The van der Waals surface area contributed by atoms with Crippen molar-refractivity contribution in [3.8, 4) is 0 Å². The maximum Gasteiger partial charge on any atom is 0.256 e. The van der Waals surface area contributed by atoms with Gasteiger partial charge in [0, 0.05) is 13.1 Å². The highest BCUT2D eigenvalue weighted by Gasteiger charge is 2.24. The number of amides is 1. The fourth-order valence-electron chi connectivity index (χ4n) is 2.41. The van der Waals surface area contributed by atoms with E-state index in [-0.39, 0.29) is 11.6 Å². The number of nitrogens with one attached hydrogen (secondary N) is 1. The Morgan fingerprint density at radius 2 is 2.11 bits per heavy atom. The molecule has 19 heavy (non-hydrogen) atoms. The topological polar surface area (TPSA) is 32.3 Å². The van der Waals surface area contributed by atoms with Crippen LogP contribution in [-0.4, -0.2) is 37.0 Å². The molecule has 0 spiro atoms. The largest absolute Gasteiger partial charge is 0.339 e. The fraction of sp³-hybridized carbons (Fsp3) is 0.500. The second-order valence-electron chi connectivity index (χ2n) is 4.87. The molecule has 1 atom stereocenters. The third-order valence-electron chi connectivity index (χ3n) is 3.57. The molecule has 0 aliphatic carbocycles. The van der Waals surface area contributed by atoms with Crippen LogP contribution in [0.15, 0.2) is 18.2 Å². The lowest BCUT2D eigenvalue weighted by Crippen LogP contribution is -2.38. The first-order chi connectivity index (χ1) is 9.09. The van der Waals surface area contributed by atoms with E-state index in [4.69, 9.17) is 0 Å². The molecule has 1 aromatic carbocycles. The average Bonchev–Trinajstić information content (AvgIpc) is 2.69. The summed E-state index contributed by atoms with van der Waals surface area (Å²) in [5, 5.41) is 3.26. The van der Waals surface area contributed by atoms with Crippen molar-refractivity contribution in [1.82, 2.24) is 10.2 Å². The molecule has 0 aromatic heterocycles. The van der Waals surface area contributed by atoms with E-state index in [0.29, 0.717) is 0 Å². The summed E-state index contributed by atoms with van der Waals surface area (Å²) in [7, 11) is 1.66. The molecule has 3 nitrogen and oxygen atoms in total. The summed E-state index contributed by atoms with van der Waals surface area (Å²) in [4.78, 5) is 13.8. The zero-order chi connectivity index (χ0) is 13.8. The summed E-state index contributed by atoms with van der Waals surface area (Å²) in [6.07, 6.45) is 2.69. The molecule has 5 heteroatoms. The number of hydrogen-bond donors (Lipinski definition) is 1. The van der Waals surface area contributed by atoms with Crippen LogP contribution in [0.3, 0.4) is 0 Å². The van der Waals surface area contributed by atoms with Crippen LogP contribution in [0, 0.1) is 11.6 Å². The van der Waals surface area contributed by atoms with E-state index in [1.807, 2.05) is 0 Å². The minimum Gasteiger partial charge on any atom is -0.339 e. The van der Waals surface area contributed by atoms with Gasteiger partial charge in [0.25, 0.3) is 5.91 Å².